The first-order chi connectivity index (χ1) is 9.29. The molecule has 1 aromatic heterocycles. The maximum absolute atomic E-state index is 12.8. The van der Waals surface area contributed by atoms with Crippen molar-refractivity contribution < 1.29 is 23.1 Å². The van der Waals surface area contributed by atoms with Gasteiger partial charge in [-0.15, -0.1) is 0 Å². The van der Waals surface area contributed by atoms with Gasteiger partial charge in [-0.25, -0.2) is 9.78 Å². The third-order valence-electron chi connectivity index (χ3n) is 3.48. The molecule has 2 heterocycles. The molecule has 1 atom stereocenters. The molecular weight excluding hydrogens is 273 g/mol. The van der Waals surface area contributed by atoms with Gasteiger partial charge in [0.05, 0.1) is 11.5 Å². The van der Waals surface area contributed by atoms with E-state index in [1.807, 2.05) is 0 Å². The molecule has 0 amide bonds. The summed E-state index contributed by atoms with van der Waals surface area (Å²) in [6.45, 7) is 2.04. The number of aromatic carboxylic acids is 1. The van der Waals surface area contributed by atoms with Gasteiger partial charge in [0.2, 0.25) is 0 Å². The Labute approximate surface area is 114 Å². The monoisotopic (exact) mass is 288 g/mol. The quantitative estimate of drug-likeness (QED) is 0.909. The first kappa shape index (κ1) is 14.6. The van der Waals surface area contributed by atoms with E-state index in [0.29, 0.717) is 24.3 Å². The number of aryl methyl sites for hydroxylation is 1. The van der Waals surface area contributed by atoms with Gasteiger partial charge < -0.3 is 10.0 Å². The summed E-state index contributed by atoms with van der Waals surface area (Å²) in [6, 6.07) is 1.43. The second-order valence-corrected chi connectivity index (χ2v) is 5.00. The summed E-state index contributed by atoms with van der Waals surface area (Å²) in [4.78, 5) is 16.4. The van der Waals surface area contributed by atoms with Gasteiger partial charge in [-0.1, -0.05) is 0 Å². The summed E-state index contributed by atoms with van der Waals surface area (Å²) in [5.41, 5.74) is 0.614. The van der Waals surface area contributed by atoms with E-state index in [1.165, 1.54) is 12.3 Å². The molecule has 1 fully saturated rings. The molecule has 0 radical (unpaired) electrons. The number of pyridine rings is 1. The van der Waals surface area contributed by atoms with Gasteiger partial charge in [-0.05, 0) is 31.4 Å². The average Bonchev–Trinajstić information content (AvgIpc) is 2.37. The molecule has 1 aromatic rings. The van der Waals surface area contributed by atoms with E-state index >= 15 is 0 Å². The van der Waals surface area contributed by atoms with Gasteiger partial charge in [0.25, 0.3) is 0 Å². The van der Waals surface area contributed by atoms with Crippen molar-refractivity contribution in [1.29, 1.82) is 0 Å². The minimum atomic E-state index is -4.20. The molecule has 0 saturated carbocycles. The lowest BCUT2D eigenvalue weighted by atomic mass is 9.97. The maximum atomic E-state index is 12.8. The number of carbonyl (C=O) groups is 1. The first-order valence-electron chi connectivity index (χ1n) is 6.30. The van der Waals surface area contributed by atoms with Crippen molar-refractivity contribution in [1.82, 2.24) is 4.98 Å². The fourth-order valence-electron chi connectivity index (χ4n) is 2.45. The molecule has 2 rings (SSSR count). The SMILES string of the molecule is Cc1cc(C(=O)O)cnc1N1CCCC(C(F)(F)F)C1. The maximum Gasteiger partial charge on any atom is 0.393 e. The van der Waals surface area contributed by atoms with Crippen molar-refractivity contribution >= 4 is 11.8 Å². The lowest BCUT2D eigenvalue weighted by molar-refractivity contribution is -0.176. The summed E-state index contributed by atoms with van der Waals surface area (Å²) >= 11 is 0. The number of alkyl halides is 3. The number of hydrogen-bond donors (Lipinski definition) is 1. The zero-order valence-corrected chi connectivity index (χ0v) is 10.9. The van der Waals surface area contributed by atoms with Crippen molar-refractivity contribution in [2.45, 2.75) is 25.9 Å². The van der Waals surface area contributed by atoms with E-state index in [4.69, 9.17) is 5.11 Å². The number of carboxylic acids is 1. The number of nitrogens with zero attached hydrogens (tertiary/aromatic N) is 2. The normalized spacial score (nSPS) is 20.0. The molecule has 1 aliphatic heterocycles. The van der Waals surface area contributed by atoms with Gasteiger partial charge in [0.1, 0.15) is 5.82 Å². The van der Waals surface area contributed by atoms with Crippen molar-refractivity contribution in [3.05, 3.63) is 23.4 Å². The fourth-order valence-corrected chi connectivity index (χ4v) is 2.45. The Balaban J connectivity index is 2.21. The van der Waals surface area contributed by atoms with Crippen LogP contribution in [0, 0.1) is 12.8 Å². The minimum absolute atomic E-state index is 0.0376. The number of rotatable bonds is 2. The molecule has 110 valence electrons. The molecule has 0 aromatic carbocycles. The lowest BCUT2D eigenvalue weighted by Gasteiger charge is -2.35. The molecule has 0 spiro atoms. The molecule has 7 heteroatoms. The second-order valence-electron chi connectivity index (χ2n) is 5.00. The van der Waals surface area contributed by atoms with Gasteiger partial charge in [0, 0.05) is 19.3 Å². The molecule has 0 aliphatic carbocycles. The van der Waals surface area contributed by atoms with Gasteiger partial charge >= 0.3 is 12.1 Å². The van der Waals surface area contributed by atoms with Crippen LogP contribution in [-0.4, -0.2) is 35.3 Å². The fraction of sp³-hybridized carbons (Fsp3) is 0.538. The van der Waals surface area contributed by atoms with Crippen LogP contribution in [0.4, 0.5) is 19.0 Å². The zero-order chi connectivity index (χ0) is 14.9. The van der Waals surface area contributed by atoms with Crippen LogP contribution in [0.2, 0.25) is 0 Å². The van der Waals surface area contributed by atoms with Crippen LogP contribution in [0.15, 0.2) is 12.3 Å². The van der Waals surface area contributed by atoms with E-state index < -0.39 is 18.1 Å². The molecule has 1 unspecified atom stereocenters. The van der Waals surface area contributed by atoms with E-state index in [0.717, 1.165) is 0 Å². The number of carboxylic acid groups (broad SMARTS) is 1. The number of aromatic nitrogens is 1. The Kier molecular flexibility index (Phi) is 3.87. The van der Waals surface area contributed by atoms with E-state index in [9.17, 15) is 18.0 Å². The summed E-state index contributed by atoms with van der Waals surface area (Å²) < 4.78 is 38.3. The number of halogens is 3. The van der Waals surface area contributed by atoms with Crippen LogP contribution in [0.3, 0.4) is 0 Å². The van der Waals surface area contributed by atoms with Crippen molar-refractivity contribution in [3.8, 4) is 0 Å². The molecule has 4 nitrogen and oxygen atoms in total. The smallest absolute Gasteiger partial charge is 0.393 e. The van der Waals surface area contributed by atoms with Gasteiger partial charge in [-0.3, -0.25) is 0 Å². The van der Waals surface area contributed by atoms with Crippen LogP contribution in [-0.2, 0) is 0 Å². The summed E-state index contributed by atoms with van der Waals surface area (Å²) in [7, 11) is 0. The predicted octanol–water partition coefficient (Wildman–Crippen LogP) is 2.87. The highest BCUT2D eigenvalue weighted by Gasteiger charge is 2.42. The Hall–Kier alpha value is -1.79. The molecule has 0 bridgehead atoms. The third kappa shape index (κ3) is 3.02. The lowest BCUT2D eigenvalue weighted by Crippen LogP contribution is -2.42. The Morgan fingerprint density at radius 1 is 1.50 bits per heavy atom. The highest BCUT2D eigenvalue weighted by Crippen LogP contribution is 2.35. The Morgan fingerprint density at radius 2 is 2.20 bits per heavy atom. The van der Waals surface area contributed by atoms with Crippen molar-refractivity contribution in [3.63, 3.8) is 0 Å². The van der Waals surface area contributed by atoms with Crippen molar-refractivity contribution in [2.75, 3.05) is 18.0 Å². The van der Waals surface area contributed by atoms with Crippen molar-refractivity contribution in [2.24, 2.45) is 5.92 Å². The number of anilines is 1. The van der Waals surface area contributed by atoms with Crippen LogP contribution in [0.1, 0.15) is 28.8 Å². The van der Waals surface area contributed by atoms with E-state index in [2.05, 4.69) is 4.98 Å². The van der Waals surface area contributed by atoms with Crippen LogP contribution in [0.5, 0.6) is 0 Å². The van der Waals surface area contributed by atoms with Gasteiger partial charge in [-0.2, -0.15) is 13.2 Å². The number of piperidine rings is 1. The minimum Gasteiger partial charge on any atom is -0.478 e. The Morgan fingerprint density at radius 3 is 2.75 bits per heavy atom. The zero-order valence-electron chi connectivity index (χ0n) is 10.9. The third-order valence-corrected chi connectivity index (χ3v) is 3.48. The van der Waals surface area contributed by atoms with Gasteiger partial charge in [0.15, 0.2) is 0 Å². The van der Waals surface area contributed by atoms with Crippen LogP contribution >= 0.6 is 0 Å². The molecular formula is C13H15F3N2O2. The molecule has 20 heavy (non-hydrogen) atoms. The molecule has 1 saturated heterocycles. The molecule has 1 aliphatic rings. The summed E-state index contributed by atoms with van der Waals surface area (Å²) in [6.07, 6.45) is -2.44. The standard InChI is InChI=1S/C13H15F3N2O2/c1-8-5-9(12(19)20)6-17-11(8)18-4-2-3-10(7-18)13(14,15)16/h5-6,10H,2-4,7H2,1H3,(H,19,20). The molecule has 1 N–H and O–H groups in total. The predicted molar refractivity (Wildman–Crippen MR) is 66.9 cm³/mol. The summed E-state index contributed by atoms with van der Waals surface area (Å²) in [5.74, 6) is -2.01. The first-order valence-corrected chi connectivity index (χ1v) is 6.30. The summed E-state index contributed by atoms with van der Waals surface area (Å²) in [5, 5.41) is 8.86. The van der Waals surface area contributed by atoms with E-state index in [1.54, 1.807) is 11.8 Å². The Bertz CT molecular complexity index is 517. The van der Waals surface area contributed by atoms with E-state index in [-0.39, 0.29) is 18.5 Å². The van der Waals surface area contributed by atoms with Crippen LogP contribution in [0.25, 0.3) is 0 Å². The topological polar surface area (TPSA) is 53.4 Å². The highest BCUT2D eigenvalue weighted by molar-refractivity contribution is 5.87. The average molecular weight is 288 g/mol. The highest BCUT2D eigenvalue weighted by atomic mass is 19.4. The largest absolute Gasteiger partial charge is 0.478 e. The number of hydrogen-bond acceptors (Lipinski definition) is 3. The second kappa shape index (κ2) is 5.30. The van der Waals surface area contributed by atoms with Crippen LogP contribution < -0.4 is 4.90 Å².